The summed E-state index contributed by atoms with van der Waals surface area (Å²) >= 11 is 0. The quantitative estimate of drug-likeness (QED) is 0.338. The molecule has 7 nitrogen and oxygen atoms in total. The molecule has 3 heterocycles. The molecular formula is C21H33IN6O. The predicted octanol–water partition coefficient (Wildman–Crippen LogP) is 3.25. The molecule has 0 aliphatic carbocycles. The van der Waals surface area contributed by atoms with Gasteiger partial charge < -0.3 is 20.0 Å². The van der Waals surface area contributed by atoms with Crippen LogP contribution in [0.25, 0.3) is 0 Å². The average molecular weight is 512 g/mol. The minimum Gasteiger partial charge on any atom is -0.468 e. The number of guanidine groups is 1. The van der Waals surface area contributed by atoms with Gasteiger partial charge in [0, 0.05) is 46.0 Å². The van der Waals surface area contributed by atoms with Gasteiger partial charge in [-0.2, -0.15) is 0 Å². The monoisotopic (exact) mass is 512 g/mol. The number of rotatable bonds is 7. The molecule has 3 rings (SSSR count). The highest BCUT2D eigenvalue weighted by molar-refractivity contribution is 14.0. The van der Waals surface area contributed by atoms with Gasteiger partial charge in [0.2, 0.25) is 0 Å². The highest BCUT2D eigenvalue weighted by Crippen LogP contribution is 2.24. The Kier molecular flexibility index (Phi) is 9.72. The van der Waals surface area contributed by atoms with Crippen molar-refractivity contribution in [3.05, 3.63) is 48.0 Å². The zero-order chi connectivity index (χ0) is 19.8. The fourth-order valence-corrected chi connectivity index (χ4v) is 3.68. The third-order valence-electron chi connectivity index (χ3n) is 5.13. The molecule has 0 spiro atoms. The Bertz CT molecular complexity index is 743. The van der Waals surface area contributed by atoms with Gasteiger partial charge in [-0.05, 0) is 44.1 Å². The maximum Gasteiger partial charge on any atom is 0.191 e. The zero-order valence-corrected chi connectivity index (χ0v) is 19.9. The normalized spacial score (nSPS) is 16.0. The number of halogens is 1. The van der Waals surface area contributed by atoms with E-state index in [4.69, 9.17) is 4.42 Å². The summed E-state index contributed by atoms with van der Waals surface area (Å²) in [5.74, 6) is 2.75. The van der Waals surface area contributed by atoms with E-state index in [-0.39, 0.29) is 30.0 Å². The van der Waals surface area contributed by atoms with Gasteiger partial charge in [0.25, 0.3) is 0 Å². The van der Waals surface area contributed by atoms with Crippen LogP contribution in [0.4, 0.5) is 5.82 Å². The first-order valence-corrected chi connectivity index (χ1v) is 10.0. The highest BCUT2D eigenvalue weighted by Gasteiger charge is 2.24. The van der Waals surface area contributed by atoms with Gasteiger partial charge >= 0.3 is 0 Å². The molecule has 1 unspecified atom stereocenters. The van der Waals surface area contributed by atoms with E-state index in [0.717, 1.165) is 42.7 Å². The lowest BCUT2D eigenvalue weighted by atomic mass is 10.1. The van der Waals surface area contributed by atoms with E-state index >= 15 is 0 Å². The first kappa shape index (κ1) is 23.5. The van der Waals surface area contributed by atoms with Crippen molar-refractivity contribution in [1.29, 1.82) is 0 Å². The molecule has 0 saturated carbocycles. The molecule has 0 bridgehead atoms. The highest BCUT2D eigenvalue weighted by atomic mass is 127. The van der Waals surface area contributed by atoms with Gasteiger partial charge in [-0.25, -0.2) is 4.98 Å². The number of nitrogens with one attached hydrogen (secondary N) is 2. The van der Waals surface area contributed by atoms with E-state index in [1.807, 2.05) is 37.3 Å². The van der Waals surface area contributed by atoms with Crippen molar-refractivity contribution in [2.45, 2.75) is 31.8 Å². The maximum atomic E-state index is 5.73. The molecule has 29 heavy (non-hydrogen) atoms. The third-order valence-corrected chi connectivity index (χ3v) is 5.13. The second-order valence-corrected chi connectivity index (χ2v) is 7.32. The van der Waals surface area contributed by atoms with Gasteiger partial charge in [0.1, 0.15) is 11.6 Å². The van der Waals surface area contributed by atoms with Crippen LogP contribution < -0.4 is 15.5 Å². The summed E-state index contributed by atoms with van der Waals surface area (Å²) in [5, 5.41) is 6.88. The Morgan fingerprint density at radius 1 is 1.21 bits per heavy atom. The van der Waals surface area contributed by atoms with E-state index in [1.54, 1.807) is 13.3 Å². The van der Waals surface area contributed by atoms with Crippen LogP contribution in [0.1, 0.15) is 36.6 Å². The topological polar surface area (TPSA) is 68.9 Å². The number of hydrogen-bond donors (Lipinski definition) is 2. The Morgan fingerprint density at radius 3 is 2.66 bits per heavy atom. The number of nitrogens with zero attached hydrogens (tertiary/aromatic N) is 4. The summed E-state index contributed by atoms with van der Waals surface area (Å²) in [5.41, 5.74) is 1.13. The number of likely N-dealkylation sites (tertiary alicyclic amines) is 1. The average Bonchev–Trinajstić information content (AvgIpc) is 3.26. The molecule has 2 aromatic rings. The Balaban J connectivity index is 0.00000300. The van der Waals surface area contributed by atoms with Crippen molar-refractivity contribution < 1.29 is 4.42 Å². The number of anilines is 1. The van der Waals surface area contributed by atoms with Crippen molar-refractivity contribution in [3.63, 3.8) is 0 Å². The first-order valence-electron chi connectivity index (χ1n) is 10.0. The molecular weight excluding hydrogens is 479 g/mol. The number of furan rings is 1. The summed E-state index contributed by atoms with van der Waals surface area (Å²) in [6.45, 7) is 3.64. The SMILES string of the molecule is CN=C(NCc1cccnc1N(C)C)NCC(c1ccco1)N1CCCCC1.I. The number of piperidine rings is 1. The molecule has 2 N–H and O–H groups in total. The van der Waals surface area contributed by atoms with Crippen molar-refractivity contribution >= 4 is 35.8 Å². The molecule has 1 atom stereocenters. The zero-order valence-electron chi connectivity index (χ0n) is 17.6. The summed E-state index contributed by atoms with van der Waals surface area (Å²) in [6.07, 6.45) is 7.39. The Morgan fingerprint density at radius 2 is 2.00 bits per heavy atom. The molecule has 0 radical (unpaired) electrons. The van der Waals surface area contributed by atoms with Gasteiger partial charge in [-0.15, -0.1) is 24.0 Å². The second-order valence-electron chi connectivity index (χ2n) is 7.32. The fraction of sp³-hybridized carbons (Fsp3) is 0.524. The van der Waals surface area contributed by atoms with Crippen LogP contribution in [-0.4, -0.2) is 56.6 Å². The molecule has 160 valence electrons. The van der Waals surface area contributed by atoms with E-state index in [9.17, 15) is 0 Å². The van der Waals surface area contributed by atoms with Gasteiger partial charge in [0.05, 0.1) is 12.3 Å². The molecule has 0 amide bonds. The summed E-state index contributed by atoms with van der Waals surface area (Å²) in [7, 11) is 5.81. The summed E-state index contributed by atoms with van der Waals surface area (Å²) in [6, 6.07) is 8.29. The Labute approximate surface area is 191 Å². The number of pyridine rings is 1. The maximum absolute atomic E-state index is 5.73. The molecule has 2 aromatic heterocycles. The van der Waals surface area contributed by atoms with Crippen molar-refractivity contribution in [2.24, 2.45) is 4.99 Å². The lowest BCUT2D eigenvalue weighted by Gasteiger charge is -2.33. The lowest BCUT2D eigenvalue weighted by molar-refractivity contribution is 0.146. The Hall–Kier alpha value is -1.81. The predicted molar refractivity (Wildman–Crippen MR) is 129 cm³/mol. The van der Waals surface area contributed by atoms with Crippen molar-refractivity contribution in [2.75, 3.05) is 45.7 Å². The van der Waals surface area contributed by atoms with Gasteiger partial charge in [-0.3, -0.25) is 9.89 Å². The third kappa shape index (κ3) is 6.60. The molecule has 0 aromatic carbocycles. The first-order chi connectivity index (χ1) is 13.7. The molecule has 8 heteroatoms. The second kappa shape index (κ2) is 12.0. The van der Waals surface area contributed by atoms with Crippen LogP contribution in [0.15, 0.2) is 46.1 Å². The van der Waals surface area contributed by atoms with Crippen LogP contribution in [0.3, 0.4) is 0 Å². The fourth-order valence-electron chi connectivity index (χ4n) is 3.68. The minimum absolute atomic E-state index is 0. The van der Waals surface area contributed by atoms with Gasteiger partial charge in [-0.1, -0.05) is 12.5 Å². The number of aromatic nitrogens is 1. The van der Waals surface area contributed by atoms with Crippen LogP contribution in [0, 0.1) is 0 Å². The molecule has 1 saturated heterocycles. The van der Waals surface area contributed by atoms with E-state index in [1.165, 1.54) is 19.3 Å². The largest absolute Gasteiger partial charge is 0.468 e. The molecule has 1 aliphatic rings. The summed E-state index contributed by atoms with van der Waals surface area (Å²) in [4.78, 5) is 13.4. The van der Waals surface area contributed by atoms with Crippen molar-refractivity contribution in [1.82, 2.24) is 20.5 Å². The number of aliphatic imine (C=N–C) groups is 1. The van der Waals surface area contributed by atoms with Crippen LogP contribution in [-0.2, 0) is 6.54 Å². The van der Waals surface area contributed by atoms with Crippen LogP contribution in [0.2, 0.25) is 0 Å². The van der Waals surface area contributed by atoms with Crippen LogP contribution in [0.5, 0.6) is 0 Å². The van der Waals surface area contributed by atoms with E-state index in [0.29, 0.717) is 6.54 Å². The lowest BCUT2D eigenvalue weighted by Crippen LogP contribution is -2.44. The molecule has 1 aliphatic heterocycles. The summed E-state index contributed by atoms with van der Waals surface area (Å²) < 4.78 is 5.73. The van der Waals surface area contributed by atoms with Crippen LogP contribution >= 0.6 is 24.0 Å². The number of hydrogen-bond acceptors (Lipinski definition) is 5. The van der Waals surface area contributed by atoms with E-state index < -0.39 is 0 Å². The standard InChI is InChI=1S/C21H32N6O.HI/c1-22-21(24-15-17-9-7-11-23-20(17)26(2)3)25-16-18(19-10-8-14-28-19)27-12-5-4-6-13-27;/h7-11,14,18H,4-6,12-13,15-16H2,1-3H3,(H2,22,24,25);1H. The van der Waals surface area contributed by atoms with Crippen molar-refractivity contribution in [3.8, 4) is 0 Å². The van der Waals surface area contributed by atoms with Gasteiger partial charge in [0.15, 0.2) is 5.96 Å². The van der Waals surface area contributed by atoms with E-state index in [2.05, 4.69) is 37.6 Å². The smallest absolute Gasteiger partial charge is 0.191 e. The minimum atomic E-state index is 0. The molecule has 1 fully saturated rings.